The number of aromatic nitrogens is 2. The van der Waals surface area contributed by atoms with Crippen molar-refractivity contribution in [3.8, 4) is 11.5 Å². The van der Waals surface area contributed by atoms with E-state index in [4.69, 9.17) is 14.5 Å². The second-order valence-electron chi connectivity index (χ2n) is 9.28. The second kappa shape index (κ2) is 12.2. The van der Waals surface area contributed by atoms with Gasteiger partial charge in [-0.3, -0.25) is 4.79 Å². The monoisotopic (exact) mass is 573 g/mol. The molecule has 7 heteroatoms. The van der Waals surface area contributed by atoms with Crippen molar-refractivity contribution in [1.29, 1.82) is 0 Å². The van der Waals surface area contributed by atoms with Crippen LogP contribution in [0.1, 0.15) is 54.3 Å². The van der Waals surface area contributed by atoms with Gasteiger partial charge in [0.15, 0.2) is 11.5 Å². The minimum atomic E-state index is -0.209. The highest BCUT2D eigenvalue weighted by atomic mass is 79.9. The molecule has 0 saturated heterocycles. The Hall–Kier alpha value is -3.71. The summed E-state index contributed by atoms with van der Waals surface area (Å²) in [7, 11) is 1.61. The Morgan fingerprint density at radius 3 is 2.61 bits per heavy atom. The van der Waals surface area contributed by atoms with Gasteiger partial charge in [-0.2, -0.15) is 9.78 Å². The molecule has 0 aliphatic heterocycles. The smallest absolute Gasteiger partial charge is 0.282 e. The molecule has 0 aliphatic rings. The number of fused-ring (bicyclic) bond motifs is 1. The van der Waals surface area contributed by atoms with Crippen LogP contribution in [0.15, 0.2) is 81.6 Å². The number of rotatable bonds is 10. The number of ether oxygens (including phenoxy) is 2. The highest BCUT2D eigenvalue weighted by Gasteiger charge is 2.17. The maximum atomic E-state index is 13.5. The van der Waals surface area contributed by atoms with Gasteiger partial charge < -0.3 is 9.47 Å². The number of allylic oxidation sites excluding steroid dienone is 1. The molecule has 1 atom stereocenters. The van der Waals surface area contributed by atoms with E-state index in [1.165, 1.54) is 10.2 Å². The summed E-state index contributed by atoms with van der Waals surface area (Å²) in [4.78, 5) is 18.2. The van der Waals surface area contributed by atoms with Crippen LogP contribution >= 0.6 is 15.9 Å². The molecule has 0 spiro atoms. The van der Waals surface area contributed by atoms with Gasteiger partial charge in [0.1, 0.15) is 12.4 Å². The number of hydrogen-bond donors (Lipinski definition) is 0. The van der Waals surface area contributed by atoms with Gasteiger partial charge in [-0.05, 0) is 61.2 Å². The Labute approximate surface area is 231 Å². The lowest BCUT2D eigenvalue weighted by Crippen LogP contribution is -2.23. The largest absolute Gasteiger partial charge is 0.493 e. The lowest BCUT2D eigenvalue weighted by atomic mass is 10.1. The standard InChI is InChI=1S/C31H32BrN3O3/c1-6-8-24-15-23(16-28(37-5)29(24)38-19-22-11-9-20(3)10-12-22)18-33-35-30(21(4)7-2)34-27-14-13-25(32)17-26(27)31(35)36/h6,9-18,21H,1,7-8,19H2,2-5H3/t21-/m0/s1. The minimum Gasteiger partial charge on any atom is -0.493 e. The Kier molecular flexibility index (Phi) is 8.79. The van der Waals surface area contributed by atoms with Gasteiger partial charge in [0.05, 0.1) is 24.2 Å². The molecule has 196 valence electrons. The lowest BCUT2D eigenvalue weighted by molar-refractivity contribution is 0.282. The van der Waals surface area contributed by atoms with E-state index in [1.807, 2.05) is 37.3 Å². The Morgan fingerprint density at radius 2 is 1.92 bits per heavy atom. The quantitative estimate of drug-likeness (QED) is 0.149. The van der Waals surface area contributed by atoms with Gasteiger partial charge in [-0.15, -0.1) is 6.58 Å². The molecule has 3 aromatic carbocycles. The molecular formula is C31H32BrN3O3. The number of nitrogens with zero attached hydrogens (tertiary/aromatic N) is 3. The first kappa shape index (κ1) is 27.3. The van der Waals surface area contributed by atoms with Gasteiger partial charge in [0.25, 0.3) is 5.56 Å². The van der Waals surface area contributed by atoms with E-state index < -0.39 is 0 Å². The molecule has 0 aliphatic carbocycles. The fraction of sp³-hybridized carbons (Fsp3) is 0.258. The third-order valence-corrected chi connectivity index (χ3v) is 6.94. The van der Waals surface area contributed by atoms with Gasteiger partial charge in [0.2, 0.25) is 0 Å². The molecule has 0 amide bonds. The first-order chi connectivity index (χ1) is 18.3. The summed E-state index contributed by atoms with van der Waals surface area (Å²) in [5, 5.41) is 5.12. The zero-order valence-corrected chi connectivity index (χ0v) is 23.8. The van der Waals surface area contributed by atoms with Crippen molar-refractivity contribution in [3.05, 3.63) is 110 Å². The highest BCUT2D eigenvalue weighted by molar-refractivity contribution is 9.10. The number of benzene rings is 3. The molecule has 0 unspecified atom stereocenters. The van der Waals surface area contributed by atoms with E-state index in [1.54, 1.807) is 19.4 Å². The van der Waals surface area contributed by atoms with Crippen LogP contribution < -0.4 is 15.0 Å². The van der Waals surface area contributed by atoms with Gasteiger partial charge in [-0.1, -0.05) is 65.7 Å². The minimum absolute atomic E-state index is 0.0521. The normalized spacial score (nSPS) is 12.1. The van der Waals surface area contributed by atoms with Crippen molar-refractivity contribution in [2.24, 2.45) is 5.10 Å². The molecule has 0 saturated carbocycles. The zero-order chi connectivity index (χ0) is 27.2. The highest BCUT2D eigenvalue weighted by Crippen LogP contribution is 2.34. The molecule has 1 aromatic heterocycles. The number of halogens is 1. The maximum Gasteiger partial charge on any atom is 0.282 e. The van der Waals surface area contributed by atoms with Crippen LogP contribution in [0.4, 0.5) is 0 Å². The molecule has 4 aromatic rings. The summed E-state index contributed by atoms with van der Waals surface area (Å²) in [5.74, 6) is 1.93. The first-order valence-electron chi connectivity index (χ1n) is 12.6. The van der Waals surface area contributed by atoms with Crippen molar-refractivity contribution < 1.29 is 9.47 Å². The number of aryl methyl sites for hydroxylation is 1. The van der Waals surface area contributed by atoms with Gasteiger partial charge in [-0.25, -0.2) is 4.98 Å². The average Bonchev–Trinajstić information content (AvgIpc) is 2.92. The van der Waals surface area contributed by atoms with Crippen LogP contribution in [-0.4, -0.2) is 23.0 Å². The number of methoxy groups -OCH3 is 1. The van der Waals surface area contributed by atoms with Crippen LogP contribution in [0.5, 0.6) is 11.5 Å². The zero-order valence-electron chi connectivity index (χ0n) is 22.2. The Morgan fingerprint density at radius 1 is 1.16 bits per heavy atom. The van der Waals surface area contributed by atoms with Crippen molar-refractivity contribution in [2.45, 2.75) is 46.1 Å². The van der Waals surface area contributed by atoms with Crippen molar-refractivity contribution >= 4 is 33.0 Å². The summed E-state index contributed by atoms with van der Waals surface area (Å²) >= 11 is 3.46. The van der Waals surface area contributed by atoms with E-state index in [0.717, 1.165) is 27.6 Å². The maximum absolute atomic E-state index is 13.5. The fourth-order valence-corrected chi connectivity index (χ4v) is 4.49. The van der Waals surface area contributed by atoms with Crippen molar-refractivity contribution in [2.75, 3.05) is 7.11 Å². The SMILES string of the molecule is C=CCc1cc(C=Nn2c([C@@H](C)CC)nc3ccc(Br)cc3c2=O)cc(OC)c1OCc1ccc(C)cc1. The molecule has 4 rings (SSSR count). The van der Waals surface area contributed by atoms with Crippen molar-refractivity contribution in [1.82, 2.24) is 9.66 Å². The first-order valence-corrected chi connectivity index (χ1v) is 13.4. The topological polar surface area (TPSA) is 65.7 Å². The molecule has 6 nitrogen and oxygen atoms in total. The van der Waals surface area contributed by atoms with Gasteiger partial charge in [0, 0.05) is 16.0 Å². The number of hydrogen-bond acceptors (Lipinski definition) is 5. The summed E-state index contributed by atoms with van der Waals surface area (Å²) in [6.45, 7) is 10.5. The molecule has 0 N–H and O–H groups in total. The summed E-state index contributed by atoms with van der Waals surface area (Å²) in [6, 6.07) is 17.6. The van der Waals surface area contributed by atoms with E-state index in [-0.39, 0.29) is 11.5 Å². The van der Waals surface area contributed by atoms with E-state index in [0.29, 0.717) is 41.3 Å². The van der Waals surface area contributed by atoms with E-state index in [9.17, 15) is 4.79 Å². The summed E-state index contributed by atoms with van der Waals surface area (Å²) in [6.07, 6.45) is 4.90. The summed E-state index contributed by atoms with van der Waals surface area (Å²) in [5.41, 5.74) is 4.41. The molecule has 0 bridgehead atoms. The molecule has 0 fully saturated rings. The third-order valence-electron chi connectivity index (χ3n) is 6.45. The van der Waals surface area contributed by atoms with Gasteiger partial charge >= 0.3 is 0 Å². The fourth-order valence-electron chi connectivity index (χ4n) is 4.12. The Balaban J connectivity index is 1.74. The van der Waals surface area contributed by atoms with Crippen LogP contribution in [-0.2, 0) is 13.0 Å². The van der Waals surface area contributed by atoms with Crippen LogP contribution in [0.25, 0.3) is 10.9 Å². The van der Waals surface area contributed by atoms with Crippen molar-refractivity contribution in [3.63, 3.8) is 0 Å². The molecular weight excluding hydrogens is 542 g/mol. The lowest BCUT2D eigenvalue weighted by Gasteiger charge is -2.16. The van der Waals surface area contributed by atoms with Crippen LogP contribution in [0.3, 0.4) is 0 Å². The average molecular weight is 575 g/mol. The third kappa shape index (κ3) is 6.05. The predicted molar refractivity (Wildman–Crippen MR) is 158 cm³/mol. The van der Waals surface area contributed by atoms with Crippen LogP contribution in [0, 0.1) is 6.92 Å². The molecule has 0 radical (unpaired) electrons. The van der Waals surface area contributed by atoms with Crippen LogP contribution in [0.2, 0.25) is 0 Å². The second-order valence-corrected chi connectivity index (χ2v) is 10.2. The van der Waals surface area contributed by atoms with E-state index in [2.05, 4.69) is 65.7 Å². The Bertz CT molecular complexity index is 1540. The predicted octanol–water partition coefficient (Wildman–Crippen LogP) is 7.18. The van der Waals surface area contributed by atoms with E-state index >= 15 is 0 Å². The molecule has 1 heterocycles. The molecule has 38 heavy (non-hydrogen) atoms. The summed E-state index contributed by atoms with van der Waals surface area (Å²) < 4.78 is 14.1.